The maximum atomic E-state index is 11.9. The third-order valence-corrected chi connectivity index (χ3v) is 4.10. The van der Waals surface area contributed by atoms with Crippen LogP contribution in [0.5, 0.6) is 0 Å². The molecule has 0 aliphatic carbocycles. The molecule has 0 unspecified atom stereocenters. The molecular weight excluding hydrogens is 333 g/mol. The summed E-state index contributed by atoms with van der Waals surface area (Å²) in [6.45, 7) is 5.17. The number of nitrogens with one attached hydrogen (secondary N) is 1. The molecule has 0 aromatic carbocycles. The van der Waals surface area contributed by atoms with E-state index in [1.165, 1.54) is 0 Å². The highest BCUT2D eigenvalue weighted by Gasteiger charge is 2.29. The van der Waals surface area contributed by atoms with E-state index in [-0.39, 0.29) is 42.9 Å². The molecule has 8 heteroatoms. The average molecular weight is 356 g/mol. The first-order valence-electron chi connectivity index (χ1n) is 6.67. The number of carbonyl (C=O) groups is 1. The lowest BCUT2D eigenvalue weighted by molar-refractivity contribution is -0.132. The van der Waals surface area contributed by atoms with Gasteiger partial charge in [0.25, 0.3) is 0 Å². The van der Waals surface area contributed by atoms with Crippen molar-refractivity contribution in [1.82, 2.24) is 10.3 Å². The first kappa shape index (κ1) is 20.6. The Morgan fingerprint density at radius 2 is 2.24 bits per heavy atom. The Balaban J connectivity index is 0.00000200. The van der Waals surface area contributed by atoms with Crippen LogP contribution in [0.1, 0.15) is 43.3 Å². The average Bonchev–Trinajstić information content (AvgIpc) is 3.04. The molecule has 1 aliphatic heterocycles. The third kappa shape index (κ3) is 5.71. The van der Waals surface area contributed by atoms with Crippen LogP contribution in [0.3, 0.4) is 0 Å². The third-order valence-electron chi connectivity index (χ3n) is 3.24. The van der Waals surface area contributed by atoms with Gasteiger partial charge in [0.15, 0.2) is 0 Å². The molecule has 5 nitrogen and oxygen atoms in total. The summed E-state index contributed by atoms with van der Waals surface area (Å²) in [6.07, 6.45) is 1.30. The zero-order chi connectivity index (χ0) is 13.8. The number of carbonyl (C=O) groups excluding carboxylic acids is 1. The van der Waals surface area contributed by atoms with E-state index in [9.17, 15) is 4.79 Å². The van der Waals surface area contributed by atoms with Gasteiger partial charge in [0.2, 0.25) is 5.91 Å². The van der Waals surface area contributed by atoms with Crippen LogP contribution in [-0.4, -0.2) is 29.6 Å². The lowest BCUT2D eigenvalue weighted by Gasteiger charge is -2.11. The van der Waals surface area contributed by atoms with Crippen LogP contribution in [-0.2, 0) is 16.1 Å². The van der Waals surface area contributed by atoms with Crippen molar-refractivity contribution in [2.45, 2.75) is 51.4 Å². The van der Waals surface area contributed by atoms with Gasteiger partial charge in [0.1, 0.15) is 11.1 Å². The lowest BCUT2D eigenvalue weighted by atomic mass is 10.2. The summed E-state index contributed by atoms with van der Waals surface area (Å²) in [5, 5.41) is 5.86. The monoisotopic (exact) mass is 355 g/mol. The molecule has 1 aromatic rings. The Kier molecular flexibility index (Phi) is 9.40. The number of aromatic nitrogens is 1. The molecule has 1 aromatic heterocycles. The number of nitrogens with two attached hydrogens (primary N) is 1. The normalized spacial score (nSPS) is 20.8. The Morgan fingerprint density at radius 1 is 1.52 bits per heavy atom. The van der Waals surface area contributed by atoms with Gasteiger partial charge in [0.05, 0.1) is 18.3 Å². The fourth-order valence-corrected chi connectivity index (χ4v) is 2.92. The number of halogens is 2. The maximum Gasteiger partial charge on any atom is 0.249 e. The highest BCUT2D eigenvalue weighted by Crippen LogP contribution is 2.20. The smallest absolute Gasteiger partial charge is 0.249 e. The molecule has 0 saturated carbocycles. The molecule has 1 aliphatic rings. The van der Waals surface area contributed by atoms with Gasteiger partial charge in [-0.25, -0.2) is 4.98 Å². The summed E-state index contributed by atoms with van der Waals surface area (Å²) >= 11 is 1.58. The summed E-state index contributed by atoms with van der Waals surface area (Å²) in [6, 6.07) is 0. The number of hydrogen-bond acceptors (Lipinski definition) is 5. The molecule has 2 rings (SSSR count). The van der Waals surface area contributed by atoms with Crippen LogP contribution in [0, 0.1) is 0 Å². The first-order valence-corrected chi connectivity index (χ1v) is 7.55. The Labute approximate surface area is 141 Å². The number of rotatable bonds is 5. The summed E-state index contributed by atoms with van der Waals surface area (Å²) in [5.41, 5.74) is 6.61. The van der Waals surface area contributed by atoms with Gasteiger partial charge in [-0.05, 0) is 18.8 Å². The second kappa shape index (κ2) is 9.58. The largest absolute Gasteiger partial charge is 0.364 e. The molecule has 3 N–H and O–H groups in total. The van der Waals surface area contributed by atoms with Gasteiger partial charge in [-0.15, -0.1) is 36.2 Å². The lowest BCUT2D eigenvalue weighted by Crippen LogP contribution is -2.35. The Bertz CT molecular complexity index is 443. The van der Waals surface area contributed by atoms with Crippen molar-refractivity contribution >= 4 is 42.1 Å². The zero-order valence-corrected chi connectivity index (χ0v) is 14.7. The van der Waals surface area contributed by atoms with Crippen molar-refractivity contribution in [2.24, 2.45) is 5.73 Å². The van der Waals surface area contributed by atoms with E-state index in [0.29, 0.717) is 19.0 Å². The van der Waals surface area contributed by atoms with Crippen molar-refractivity contribution in [3.63, 3.8) is 0 Å². The fourth-order valence-electron chi connectivity index (χ4n) is 2.02. The number of thiazole rings is 1. The van der Waals surface area contributed by atoms with E-state index in [4.69, 9.17) is 10.5 Å². The second-order valence-corrected chi connectivity index (χ2v) is 6.04. The van der Waals surface area contributed by atoms with Gasteiger partial charge in [-0.3, -0.25) is 4.79 Å². The van der Waals surface area contributed by atoms with Crippen molar-refractivity contribution in [3.05, 3.63) is 16.1 Å². The highest BCUT2D eigenvalue weighted by molar-refractivity contribution is 7.09. The molecule has 2 heterocycles. The molecule has 0 radical (unpaired) electrons. The molecule has 2 atom stereocenters. The van der Waals surface area contributed by atoms with E-state index in [2.05, 4.69) is 24.1 Å². The molecule has 0 spiro atoms. The first-order chi connectivity index (χ1) is 9.10. The standard InChI is InChI=1S/C13H21N3O2S.2ClH/c1-8(2)10-7-19-12(16-10)6-15-13(17)11-4-3-9(5-14)18-11;;/h7-9,11H,3-6,14H2,1-2H3,(H,15,17);2*1H/t9-,11+;;/m1../s1. The van der Waals surface area contributed by atoms with Gasteiger partial charge >= 0.3 is 0 Å². The molecule has 1 saturated heterocycles. The van der Waals surface area contributed by atoms with Crippen LogP contribution < -0.4 is 11.1 Å². The van der Waals surface area contributed by atoms with E-state index in [1.54, 1.807) is 11.3 Å². The minimum atomic E-state index is -0.349. The number of ether oxygens (including phenoxy) is 1. The van der Waals surface area contributed by atoms with Crippen LogP contribution in [0.4, 0.5) is 0 Å². The summed E-state index contributed by atoms with van der Waals surface area (Å²) in [7, 11) is 0. The van der Waals surface area contributed by atoms with Crippen LogP contribution in [0.25, 0.3) is 0 Å². The minimum absolute atomic E-state index is 0. The highest BCUT2D eigenvalue weighted by atomic mass is 35.5. The summed E-state index contributed by atoms with van der Waals surface area (Å²) < 4.78 is 5.55. The fraction of sp³-hybridized carbons (Fsp3) is 0.692. The topological polar surface area (TPSA) is 77.2 Å². The Hall–Kier alpha value is -0.400. The minimum Gasteiger partial charge on any atom is -0.364 e. The van der Waals surface area contributed by atoms with Gasteiger partial charge < -0.3 is 15.8 Å². The van der Waals surface area contributed by atoms with Crippen molar-refractivity contribution in [3.8, 4) is 0 Å². The number of hydrogen-bond donors (Lipinski definition) is 2. The summed E-state index contributed by atoms with van der Waals surface area (Å²) in [4.78, 5) is 16.4. The van der Waals surface area contributed by atoms with Crippen molar-refractivity contribution in [1.29, 1.82) is 0 Å². The van der Waals surface area contributed by atoms with Crippen LogP contribution in [0.2, 0.25) is 0 Å². The number of nitrogens with zero attached hydrogens (tertiary/aromatic N) is 1. The SMILES string of the molecule is CC(C)c1csc(CNC(=O)[C@@H]2CC[C@H](CN)O2)n1.Cl.Cl. The van der Waals surface area contributed by atoms with E-state index in [1.807, 2.05) is 5.38 Å². The van der Waals surface area contributed by atoms with Crippen molar-refractivity contribution < 1.29 is 9.53 Å². The van der Waals surface area contributed by atoms with Gasteiger partial charge in [-0.2, -0.15) is 0 Å². The second-order valence-electron chi connectivity index (χ2n) is 5.10. The molecule has 1 amide bonds. The maximum absolute atomic E-state index is 11.9. The molecule has 21 heavy (non-hydrogen) atoms. The van der Waals surface area contributed by atoms with E-state index < -0.39 is 0 Å². The van der Waals surface area contributed by atoms with Crippen LogP contribution in [0.15, 0.2) is 5.38 Å². The molecule has 0 bridgehead atoms. The Morgan fingerprint density at radius 3 is 2.76 bits per heavy atom. The van der Waals surface area contributed by atoms with Crippen molar-refractivity contribution in [2.75, 3.05) is 6.54 Å². The van der Waals surface area contributed by atoms with E-state index in [0.717, 1.165) is 23.5 Å². The molecular formula is C13H23Cl2N3O2S. The molecule has 122 valence electrons. The summed E-state index contributed by atoms with van der Waals surface area (Å²) in [5.74, 6) is 0.362. The van der Waals surface area contributed by atoms with E-state index >= 15 is 0 Å². The van der Waals surface area contributed by atoms with Gasteiger partial charge in [0, 0.05) is 11.9 Å². The quantitative estimate of drug-likeness (QED) is 0.848. The van der Waals surface area contributed by atoms with Crippen LogP contribution >= 0.6 is 36.2 Å². The zero-order valence-electron chi connectivity index (χ0n) is 12.2. The predicted molar refractivity (Wildman–Crippen MR) is 89.5 cm³/mol. The molecule has 1 fully saturated rings. The number of amides is 1. The van der Waals surface area contributed by atoms with Gasteiger partial charge in [-0.1, -0.05) is 13.8 Å². The predicted octanol–water partition coefficient (Wildman–Crippen LogP) is 2.23.